The predicted molar refractivity (Wildman–Crippen MR) is 237 cm³/mol. The van der Waals surface area contributed by atoms with Crippen LogP contribution in [-0.2, 0) is 5.41 Å². The fraction of sp³-hybridized carbons (Fsp3) is 0.0377. The second kappa shape index (κ2) is 13.3. The fourth-order valence-corrected chi connectivity index (χ4v) is 9.99. The minimum atomic E-state index is -0.256. The zero-order chi connectivity index (χ0) is 37.9. The Balaban J connectivity index is 1.05. The number of aromatic nitrogens is 3. The van der Waals surface area contributed by atoms with E-state index in [1.807, 2.05) is 6.07 Å². The lowest BCUT2D eigenvalue weighted by Gasteiger charge is -2.28. The summed E-state index contributed by atoms with van der Waals surface area (Å²) in [5, 5.41) is 2.46. The lowest BCUT2D eigenvalue weighted by molar-refractivity contribution is 0.714. The van der Waals surface area contributed by atoms with Crippen LogP contribution in [0.15, 0.2) is 194 Å². The highest BCUT2D eigenvalue weighted by Gasteiger charge is 2.40. The first-order valence-corrected chi connectivity index (χ1v) is 20.2. The Morgan fingerprint density at radius 3 is 1.74 bits per heavy atom. The molecule has 8 aromatic carbocycles. The highest BCUT2D eigenvalue weighted by atomic mass is 32.1. The number of rotatable bonds is 6. The molecule has 0 saturated carbocycles. The van der Waals surface area contributed by atoms with Crippen molar-refractivity contribution in [2.75, 3.05) is 0 Å². The standard InChI is InChI=1S/C53H35N3S/c1-53(38-17-6-3-7-18-38)46-25-12-10-20-40(46)41-32-31-37(33-47(41)53)34-27-29-36(30-28-34)50-54-51(44-22-9-8-19-39(44)35-15-4-2-5-16-35)56-52(55-50)45-24-14-23-43-42-21-11-13-26-48(42)57-49(43)45/h2-33H,1H3. The predicted octanol–water partition coefficient (Wildman–Crippen LogP) is 13.9. The van der Waals surface area contributed by atoms with Crippen LogP contribution in [0.2, 0.25) is 0 Å². The van der Waals surface area contributed by atoms with E-state index in [-0.39, 0.29) is 5.41 Å². The minimum absolute atomic E-state index is 0.256. The number of benzene rings is 8. The molecule has 0 amide bonds. The Hall–Kier alpha value is -7.01. The molecule has 2 heterocycles. The van der Waals surface area contributed by atoms with E-state index >= 15 is 0 Å². The molecule has 0 saturated heterocycles. The molecule has 1 aliphatic rings. The number of hydrogen-bond donors (Lipinski definition) is 0. The van der Waals surface area contributed by atoms with Crippen LogP contribution in [0, 0.1) is 0 Å². The third kappa shape index (κ3) is 5.44. The second-order valence-electron chi connectivity index (χ2n) is 14.9. The molecule has 0 N–H and O–H groups in total. The van der Waals surface area contributed by atoms with Gasteiger partial charge in [-0.1, -0.05) is 176 Å². The topological polar surface area (TPSA) is 38.7 Å². The summed E-state index contributed by atoms with van der Waals surface area (Å²) in [5.74, 6) is 1.95. The Morgan fingerprint density at radius 1 is 0.368 bits per heavy atom. The van der Waals surface area contributed by atoms with Crippen LogP contribution in [0.25, 0.3) is 87.7 Å². The normalized spacial score (nSPS) is 14.5. The van der Waals surface area contributed by atoms with Crippen LogP contribution >= 0.6 is 11.3 Å². The molecular weight excluding hydrogens is 711 g/mol. The summed E-state index contributed by atoms with van der Waals surface area (Å²) >= 11 is 1.79. The molecule has 1 aliphatic carbocycles. The van der Waals surface area contributed by atoms with Crippen molar-refractivity contribution >= 4 is 31.5 Å². The summed E-state index contributed by atoms with van der Waals surface area (Å²) in [4.78, 5) is 15.7. The monoisotopic (exact) mass is 745 g/mol. The SMILES string of the molecule is CC1(c2ccccc2)c2ccccc2-c2ccc(-c3ccc(-c4nc(-c5ccccc5-c5ccccc5)nc(-c5cccc6c5sc5ccccc56)n4)cc3)cc21. The Morgan fingerprint density at radius 2 is 0.930 bits per heavy atom. The Bertz CT molecular complexity index is 3130. The highest BCUT2D eigenvalue weighted by molar-refractivity contribution is 7.26. The van der Waals surface area contributed by atoms with Gasteiger partial charge in [0.05, 0.1) is 0 Å². The molecule has 10 aromatic rings. The summed E-state index contributed by atoms with van der Waals surface area (Å²) in [7, 11) is 0. The van der Waals surface area contributed by atoms with Gasteiger partial charge in [0.15, 0.2) is 17.5 Å². The smallest absolute Gasteiger partial charge is 0.165 e. The van der Waals surface area contributed by atoms with Gasteiger partial charge < -0.3 is 0 Å². The van der Waals surface area contributed by atoms with Crippen LogP contribution in [-0.4, -0.2) is 15.0 Å². The van der Waals surface area contributed by atoms with Gasteiger partial charge in [-0.15, -0.1) is 11.3 Å². The first-order valence-electron chi connectivity index (χ1n) is 19.4. The molecule has 268 valence electrons. The molecule has 4 heteroatoms. The van der Waals surface area contributed by atoms with Gasteiger partial charge in [-0.25, -0.2) is 15.0 Å². The number of hydrogen-bond acceptors (Lipinski definition) is 4. The molecule has 1 atom stereocenters. The van der Waals surface area contributed by atoms with E-state index in [1.54, 1.807) is 11.3 Å². The van der Waals surface area contributed by atoms with Crippen molar-refractivity contribution in [3.05, 3.63) is 211 Å². The summed E-state index contributed by atoms with van der Waals surface area (Å²) in [6.45, 7) is 2.37. The molecule has 0 fully saturated rings. The zero-order valence-corrected chi connectivity index (χ0v) is 32.0. The molecule has 0 aliphatic heterocycles. The third-order valence-electron chi connectivity index (χ3n) is 11.7. The van der Waals surface area contributed by atoms with E-state index in [0.29, 0.717) is 17.5 Å². The Labute approximate surface area is 335 Å². The van der Waals surface area contributed by atoms with Gasteiger partial charge in [0.25, 0.3) is 0 Å². The molecule has 0 bridgehead atoms. The zero-order valence-electron chi connectivity index (χ0n) is 31.2. The van der Waals surface area contributed by atoms with Crippen LogP contribution < -0.4 is 0 Å². The van der Waals surface area contributed by atoms with E-state index < -0.39 is 0 Å². The van der Waals surface area contributed by atoms with Crippen molar-refractivity contribution in [1.82, 2.24) is 15.0 Å². The molecule has 11 rings (SSSR count). The maximum Gasteiger partial charge on any atom is 0.165 e. The van der Waals surface area contributed by atoms with Crippen molar-refractivity contribution in [2.45, 2.75) is 12.3 Å². The van der Waals surface area contributed by atoms with E-state index in [2.05, 4.69) is 195 Å². The van der Waals surface area contributed by atoms with E-state index in [1.165, 1.54) is 53.6 Å². The minimum Gasteiger partial charge on any atom is -0.208 e. The average Bonchev–Trinajstić information content (AvgIpc) is 3.80. The van der Waals surface area contributed by atoms with Crippen molar-refractivity contribution < 1.29 is 0 Å². The molecular formula is C53H35N3S. The van der Waals surface area contributed by atoms with E-state index in [0.717, 1.165) is 33.4 Å². The number of nitrogens with zero attached hydrogens (tertiary/aromatic N) is 3. The van der Waals surface area contributed by atoms with E-state index in [4.69, 9.17) is 15.0 Å². The van der Waals surface area contributed by atoms with Crippen LogP contribution in [0.3, 0.4) is 0 Å². The van der Waals surface area contributed by atoms with Gasteiger partial charge >= 0.3 is 0 Å². The quantitative estimate of drug-likeness (QED) is 0.170. The number of fused-ring (bicyclic) bond motifs is 6. The molecule has 0 radical (unpaired) electrons. The van der Waals surface area contributed by atoms with Gasteiger partial charge in [-0.2, -0.15) is 0 Å². The molecule has 0 spiro atoms. The number of thiophene rings is 1. The maximum atomic E-state index is 5.24. The lowest BCUT2D eigenvalue weighted by Crippen LogP contribution is -2.22. The van der Waals surface area contributed by atoms with Crippen molar-refractivity contribution in [3.8, 4) is 67.5 Å². The van der Waals surface area contributed by atoms with Gasteiger partial charge in [0.1, 0.15) is 0 Å². The fourth-order valence-electron chi connectivity index (χ4n) is 8.78. The first-order chi connectivity index (χ1) is 28.1. The van der Waals surface area contributed by atoms with Crippen molar-refractivity contribution in [2.24, 2.45) is 0 Å². The summed E-state index contributed by atoms with van der Waals surface area (Å²) in [5.41, 5.74) is 13.8. The van der Waals surface area contributed by atoms with Gasteiger partial charge in [-0.3, -0.25) is 0 Å². The van der Waals surface area contributed by atoms with Crippen molar-refractivity contribution in [1.29, 1.82) is 0 Å². The maximum absolute atomic E-state index is 5.24. The molecule has 3 nitrogen and oxygen atoms in total. The van der Waals surface area contributed by atoms with Crippen LogP contribution in [0.1, 0.15) is 23.6 Å². The summed E-state index contributed by atoms with van der Waals surface area (Å²) in [6.07, 6.45) is 0. The van der Waals surface area contributed by atoms with Crippen molar-refractivity contribution in [3.63, 3.8) is 0 Å². The Kier molecular flexibility index (Phi) is 7.80. The average molecular weight is 746 g/mol. The second-order valence-corrected chi connectivity index (χ2v) is 15.9. The lowest BCUT2D eigenvalue weighted by atomic mass is 9.74. The third-order valence-corrected chi connectivity index (χ3v) is 12.9. The summed E-state index contributed by atoms with van der Waals surface area (Å²) in [6, 6.07) is 69.3. The van der Waals surface area contributed by atoms with Gasteiger partial charge in [0.2, 0.25) is 0 Å². The van der Waals surface area contributed by atoms with Gasteiger partial charge in [0, 0.05) is 42.3 Å². The molecule has 2 aromatic heterocycles. The molecule has 1 unspecified atom stereocenters. The van der Waals surface area contributed by atoms with Crippen LogP contribution in [0.5, 0.6) is 0 Å². The largest absolute Gasteiger partial charge is 0.208 e. The highest BCUT2D eigenvalue weighted by Crippen LogP contribution is 2.53. The first kappa shape index (κ1) is 33.3. The van der Waals surface area contributed by atoms with Gasteiger partial charge in [-0.05, 0) is 75.2 Å². The molecule has 57 heavy (non-hydrogen) atoms. The summed E-state index contributed by atoms with van der Waals surface area (Å²) < 4.78 is 2.42. The van der Waals surface area contributed by atoms with Crippen LogP contribution in [0.4, 0.5) is 0 Å². The van der Waals surface area contributed by atoms with E-state index in [9.17, 15) is 0 Å².